The minimum Gasteiger partial charge on any atom is -0.457 e. The Hall–Kier alpha value is -4.91. The van der Waals surface area contributed by atoms with Gasteiger partial charge >= 0.3 is 6.16 Å². The molecule has 0 N–H and O–H groups in total. The van der Waals surface area contributed by atoms with Crippen molar-refractivity contribution in [2.75, 3.05) is 0 Å². The van der Waals surface area contributed by atoms with Crippen LogP contribution >= 0.6 is 0 Å². The summed E-state index contributed by atoms with van der Waals surface area (Å²) in [5.41, 5.74) is 2.74. The van der Waals surface area contributed by atoms with Crippen LogP contribution in [0.2, 0.25) is 0 Å². The molecule has 0 radical (unpaired) electrons. The summed E-state index contributed by atoms with van der Waals surface area (Å²) in [6, 6.07) is 32.7. The third-order valence-electron chi connectivity index (χ3n) is 5.47. The first-order valence-electron chi connectivity index (χ1n) is 12.2. The highest BCUT2D eigenvalue weighted by atomic mass is 16.7. The highest BCUT2D eigenvalue weighted by Gasteiger charge is 2.22. The molecule has 2 heterocycles. The Morgan fingerprint density at radius 2 is 1.47 bits per heavy atom. The van der Waals surface area contributed by atoms with Crippen molar-refractivity contribution >= 4 is 6.16 Å². The third kappa shape index (κ3) is 5.90. The second kappa shape index (κ2) is 10.6. The Kier molecular flexibility index (Phi) is 6.91. The molecule has 0 amide bonds. The van der Waals surface area contributed by atoms with Gasteiger partial charge in [0.25, 0.3) is 0 Å². The minimum absolute atomic E-state index is 0.207. The number of para-hydroxylation sites is 2. The van der Waals surface area contributed by atoms with Gasteiger partial charge in [0.05, 0.1) is 5.69 Å². The van der Waals surface area contributed by atoms with E-state index in [2.05, 4.69) is 10.1 Å². The predicted molar refractivity (Wildman–Crippen MR) is 146 cm³/mol. The maximum atomic E-state index is 12.4. The maximum Gasteiger partial charge on any atom is 0.515 e. The SMILES string of the molecule is CC(C)(C)OC(=O)Oc1cc(-c2ccc(-c3ccccc3Oc3ccccc3)cc2)nn1-c1ccccn1. The van der Waals surface area contributed by atoms with Crippen molar-refractivity contribution in [3.63, 3.8) is 0 Å². The molecule has 0 bridgehead atoms. The zero-order valence-corrected chi connectivity index (χ0v) is 21.4. The van der Waals surface area contributed by atoms with E-state index in [-0.39, 0.29) is 5.88 Å². The third-order valence-corrected chi connectivity index (χ3v) is 5.47. The van der Waals surface area contributed by atoms with Crippen molar-refractivity contribution < 1.29 is 19.0 Å². The number of hydrogen-bond acceptors (Lipinski definition) is 6. The second-order valence-corrected chi connectivity index (χ2v) is 9.52. The van der Waals surface area contributed by atoms with Crippen molar-refractivity contribution in [3.8, 4) is 45.6 Å². The van der Waals surface area contributed by atoms with E-state index in [0.29, 0.717) is 11.5 Å². The van der Waals surface area contributed by atoms with Gasteiger partial charge < -0.3 is 14.2 Å². The van der Waals surface area contributed by atoms with Crippen molar-refractivity contribution in [1.29, 1.82) is 0 Å². The van der Waals surface area contributed by atoms with Gasteiger partial charge in [-0.2, -0.15) is 9.78 Å². The predicted octanol–water partition coefficient (Wildman–Crippen LogP) is 7.71. The highest BCUT2D eigenvalue weighted by Crippen LogP contribution is 2.35. The number of pyridine rings is 1. The van der Waals surface area contributed by atoms with Crippen molar-refractivity contribution in [2.24, 2.45) is 0 Å². The Balaban J connectivity index is 1.45. The van der Waals surface area contributed by atoms with Crippen molar-refractivity contribution in [3.05, 3.63) is 109 Å². The molecule has 0 saturated heterocycles. The quantitative estimate of drug-likeness (QED) is 0.220. The largest absolute Gasteiger partial charge is 0.515 e. The first kappa shape index (κ1) is 24.8. The molecule has 2 aromatic heterocycles. The normalized spacial score (nSPS) is 11.1. The molecule has 0 atom stereocenters. The maximum absolute atomic E-state index is 12.4. The molecule has 0 aliphatic heterocycles. The number of carbonyl (C=O) groups is 1. The number of benzene rings is 3. The van der Waals surface area contributed by atoms with Gasteiger partial charge in [-0.15, -0.1) is 0 Å². The molecule has 0 unspecified atom stereocenters. The van der Waals surface area contributed by atoms with E-state index in [1.807, 2.05) is 84.9 Å². The standard InChI is InChI=1S/C31H27N3O4/c1-31(2,3)38-30(35)37-29-21-26(33-34(29)28-15-9-10-20-32-28)23-18-16-22(17-19-23)25-13-7-8-14-27(25)36-24-11-5-4-6-12-24/h4-21H,1-3H3. The van der Waals surface area contributed by atoms with Crippen LogP contribution in [0.4, 0.5) is 4.79 Å². The topological polar surface area (TPSA) is 75.5 Å². The smallest absolute Gasteiger partial charge is 0.457 e. The fourth-order valence-electron chi connectivity index (χ4n) is 3.81. The molecule has 5 rings (SSSR count). The van der Waals surface area contributed by atoms with E-state index < -0.39 is 11.8 Å². The molecule has 7 heteroatoms. The fourth-order valence-corrected chi connectivity index (χ4v) is 3.81. The molecule has 0 saturated carbocycles. The number of carbonyl (C=O) groups excluding carboxylic acids is 1. The van der Waals surface area contributed by atoms with E-state index in [4.69, 9.17) is 14.2 Å². The van der Waals surface area contributed by atoms with E-state index >= 15 is 0 Å². The molecule has 0 aliphatic rings. The number of rotatable bonds is 6. The van der Waals surface area contributed by atoms with Crippen LogP contribution in [0, 0.1) is 0 Å². The van der Waals surface area contributed by atoms with E-state index in [1.54, 1.807) is 45.2 Å². The van der Waals surface area contributed by atoms with Crippen LogP contribution in [0.5, 0.6) is 17.4 Å². The van der Waals surface area contributed by atoms with E-state index in [1.165, 1.54) is 4.68 Å². The molecule has 3 aromatic carbocycles. The molecule has 0 aliphatic carbocycles. The Morgan fingerprint density at radius 1 is 0.789 bits per heavy atom. The zero-order valence-electron chi connectivity index (χ0n) is 21.4. The number of hydrogen-bond donors (Lipinski definition) is 0. The average Bonchev–Trinajstić information content (AvgIpc) is 3.33. The van der Waals surface area contributed by atoms with Gasteiger partial charge in [0, 0.05) is 23.4 Å². The summed E-state index contributed by atoms with van der Waals surface area (Å²) in [5.74, 6) is 2.26. The first-order valence-corrected chi connectivity index (χ1v) is 12.2. The number of ether oxygens (including phenoxy) is 3. The zero-order chi connectivity index (χ0) is 26.5. The first-order chi connectivity index (χ1) is 18.4. The van der Waals surface area contributed by atoms with Crippen LogP contribution in [-0.2, 0) is 4.74 Å². The lowest BCUT2D eigenvalue weighted by molar-refractivity contribution is 0.0192. The molecule has 5 aromatic rings. The summed E-state index contributed by atoms with van der Waals surface area (Å²) in [4.78, 5) is 16.8. The van der Waals surface area contributed by atoms with Crippen LogP contribution < -0.4 is 9.47 Å². The second-order valence-electron chi connectivity index (χ2n) is 9.52. The number of nitrogens with zero attached hydrogens (tertiary/aromatic N) is 3. The summed E-state index contributed by atoms with van der Waals surface area (Å²) in [6.07, 6.45) is 0.837. The van der Waals surface area contributed by atoms with Gasteiger partial charge in [-0.05, 0) is 56.7 Å². The van der Waals surface area contributed by atoms with Crippen LogP contribution in [-0.4, -0.2) is 26.5 Å². The molecular weight excluding hydrogens is 478 g/mol. The molecule has 190 valence electrons. The molecular formula is C31H27N3O4. The summed E-state index contributed by atoms with van der Waals surface area (Å²) < 4.78 is 18.5. The lowest BCUT2D eigenvalue weighted by Gasteiger charge is -2.18. The summed E-state index contributed by atoms with van der Waals surface area (Å²) in [6.45, 7) is 5.33. The average molecular weight is 506 g/mol. The van der Waals surface area contributed by atoms with Gasteiger partial charge in [0.15, 0.2) is 5.82 Å². The Morgan fingerprint density at radius 3 is 2.18 bits per heavy atom. The van der Waals surface area contributed by atoms with Crippen LogP contribution in [0.25, 0.3) is 28.2 Å². The molecule has 7 nitrogen and oxygen atoms in total. The van der Waals surface area contributed by atoms with E-state index in [0.717, 1.165) is 28.2 Å². The van der Waals surface area contributed by atoms with E-state index in [9.17, 15) is 4.79 Å². The van der Waals surface area contributed by atoms with Crippen molar-refractivity contribution in [2.45, 2.75) is 26.4 Å². The van der Waals surface area contributed by atoms with Crippen LogP contribution in [0.1, 0.15) is 20.8 Å². The van der Waals surface area contributed by atoms with Gasteiger partial charge in [0.2, 0.25) is 5.88 Å². The Bertz CT molecular complexity index is 1520. The molecule has 0 spiro atoms. The van der Waals surface area contributed by atoms with Crippen LogP contribution in [0.3, 0.4) is 0 Å². The molecule has 0 fully saturated rings. The summed E-state index contributed by atoms with van der Waals surface area (Å²) in [5, 5.41) is 4.67. The van der Waals surface area contributed by atoms with Crippen LogP contribution in [0.15, 0.2) is 109 Å². The lowest BCUT2D eigenvalue weighted by atomic mass is 10.0. The summed E-state index contributed by atoms with van der Waals surface area (Å²) >= 11 is 0. The summed E-state index contributed by atoms with van der Waals surface area (Å²) in [7, 11) is 0. The minimum atomic E-state index is -0.813. The monoisotopic (exact) mass is 505 g/mol. The number of aromatic nitrogens is 3. The highest BCUT2D eigenvalue weighted by molar-refractivity contribution is 5.74. The Labute approximate surface area is 221 Å². The van der Waals surface area contributed by atoms with Gasteiger partial charge in [-0.25, -0.2) is 9.78 Å². The van der Waals surface area contributed by atoms with Gasteiger partial charge in [-0.3, -0.25) is 0 Å². The molecule has 38 heavy (non-hydrogen) atoms. The van der Waals surface area contributed by atoms with Crippen molar-refractivity contribution in [1.82, 2.24) is 14.8 Å². The van der Waals surface area contributed by atoms with Gasteiger partial charge in [0.1, 0.15) is 17.1 Å². The fraction of sp³-hybridized carbons (Fsp3) is 0.129. The van der Waals surface area contributed by atoms with Gasteiger partial charge in [-0.1, -0.05) is 66.7 Å². The lowest BCUT2D eigenvalue weighted by Crippen LogP contribution is -2.26.